The molecule has 1 aromatic carbocycles. The van der Waals surface area contributed by atoms with Gasteiger partial charge in [0.25, 0.3) is 0 Å². The SMILES string of the molecule is CC=CCN1CC(=O)C(=C2SC=CS2)C(=O)c2ccccc21. The standard InChI is InChI=1S/C17H15NO2S2/c1-2-3-8-18-11-14(19)15(17-21-9-10-22-17)16(20)12-6-4-5-7-13(12)18/h2-7,9-10H,8,11H2,1H3. The minimum Gasteiger partial charge on any atom is -0.359 e. The summed E-state index contributed by atoms with van der Waals surface area (Å²) in [5.74, 6) is -0.272. The molecule has 0 unspecified atom stereocenters. The van der Waals surface area contributed by atoms with Gasteiger partial charge in [-0.25, -0.2) is 0 Å². The predicted molar refractivity (Wildman–Crippen MR) is 94.2 cm³/mol. The second kappa shape index (κ2) is 6.58. The number of allylic oxidation sites excluding steroid dienone is 1. The van der Waals surface area contributed by atoms with Crippen molar-refractivity contribution in [3.05, 3.63) is 62.6 Å². The fourth-order valence-electron chi connectivity index (χ4n) is 2.47. The Morgan fingerprint density at radius 2 is 1.91 bits per heavy atom. The van der Waals surface area contributed by atoms with Crippen LogP contribution in [-0.2, 0) is 4.79 Å². The summed E-state index contributed by atoms with van der Waals surface area (Å²) in [5, 5.41) is 3.81. The normalized spacial score (nSPS) is 18.3. The minimum absolute atomic E-state index is 0.107. The lowest BCUT2D eigenvalue weighted by atomic mass is 10.0. The lowest BCUT2D eigenvalue weighted by molar-refractivity contribution is -0.114. The molecule has 0 radical (unpaired) electrons. The number of carbonyl (C=O) groups excluding carboxylic acids is 2. The highest BCUT2D eigenvalue weighted by Gasteiger charge is 2.32. The Morgan fingerprint density at radius 3 is 2.64 bits per heavy atom. The molecule has 1 aromatic rings. The zero-order valence-corrected chi connectivity index (χ0v) is 13.7. The summed E-state index contributed by atoms with van der Waals surface area (Å²) in [7, 11) is 0. The van der Waals surface area contributed by atoms with E-state index < -0.39 is 0 Å². The van der Waals surface area contributed by atoms with Gasteiger partial charge in [-0.15, -0.1) is 0 Å². The summed E-state index contributed by atoms with van der Waals surface area (Å²) in [5.41, 5.74) is 1.76. The topological polar surface area (TPSA) is 37.4 Å². The van der Waals surface area contributed by atoms with E-state index in [9.17, 15) is 9.59 Å². The summed E-state index contributed by atoms with van der Waals surface area (Å²) in [4.78, 5) is 27.5. The van der Waals surface area contributed by atoms with E-state index >= 15 is 0 Å². The van der Waals surface area contributed by atoms with Crippen LogP contribution in [0, 0.1) is 0 Å². The fourth-order valence-corrected chi connectivity index (χ4v) is 4.36. The number of rotatable bonds is 2. The van der Waals surface area contributed by atoms with Gasteiger partial charge in [-0.05, 0) is 29.9 Å². The molecular formula is C17H15NO2S2. The lowest BCUT2D eigenvalue weighted by Gasteiger charge is -2.21. The van der Waals surface area contributed by atoms with Gasteiger partial charge in [0.15, 0.2) is 11.6 Å². The smallest absolute Gasteiger partial charge is 0.200 e. The van der Waals surface area contributed by atoms with Crippen molar-refractivity contribution < 1.29 is 9.59 Å². The summed E-state index contributed by atoms with van der Waals surface area (Å²) < 4.78 is 0.790. The van der Waals surface area contributed by atoms with Crippen molar-refractivity contribution in [3.63, 3.8) is 0 Å². The van der Waals surface area contributed by atoms with Crippen LogP contribution in [0.2, 0.25) is 0 Å². The van der Waals surface area contributed by atoms with Crippen LogP contribution >= 0.6 is 23.5 Å². The number of nitrogens with zero attached hydrogens (tertiary/aromatic N) is 1. The second-order valence-electron chi connectivity index (χ2n) is 4.89. The number of para-hydroxylation sites is 1. The van der Waals surface area contributed by atoms with E-state index in [1.54, 1.807) is 6.07 Å². The molecule has 0 N–H and O–H groups in total. The summed E-state index contributed by atoms with van der Waals surface area (Å²) in [6, 6.07) is 7.45. The molecule has 0 aromatic heterocycles. The van der Waals surface area contributed by atoms with E-state index in [2.05, 4.69) is 0 Å². The molecule has 3 nitrogen and oxygen atoms in total. The number of benzene rings is 1. The Hall–Kier alpha value is -1.72. The lowest BCUT2D eigenvalue weighted by Crippen LogP contribution is -2.29. The Labute approximate surface area is 138 Å². The third kappa shape index (κ3) is 2.78. The monoisotopic (exact) mass is 329 g/mol. The highest BCUT2D eigenvalue weighted by molar-refractivity contribution is 8.27. The molecule has 0 atom stereocenters. The Kier molecular flexibility index (Phi) is 4.55. The van der Waals surface area contributed by atoms with Gasteiger partial charge in [-0.3, -0.25) is 9.59 Å². The van der Waals surface area contributed by atoms with Crippen LogP contribution in [-0.4, -0.2) is 24.7 Å². The molecule has 112 valence electrons. The number of anilines is 1. The van der Waals surface area contributed by atoms with Crippen LogP contribution in [0.5, 0.6) is 0 Å². The molecule has 3 rings (SSSR count). The van der Waals surface area contributed by atoms with Gasteiger partial charge >= 0.3 is 0 Å². The number of Topliss-reactive ketones (excluding diaryl/α,β-unsaturated/α-hetero) is 2. The molecular weight excluding hydrogens is 314 g/mol. The molecule has 2 aliphatic rings. The van der Waals surface area contributed by atoms with Crippen molar-refractivity contribution >= 4 is 40.8 Å². The Balaban J connectivity index is 2.10. The zero-order chi connectivity index (χ0) is 15.5. The minimum atomic E-state index is -0.165. The van der Waals surface area contributed by atoms with Crippen molar-refractivity contribution in [2.45, 2.75) is 6.92 Å². The molecule has 0 aliphatic carbocycles. The predicted octanol–water partition coefficient (Wildman–Crippen LogP) is 4.00. The van der Waals surface area contributed by atoms with Crippen LogP contribution in [0.15, 0.2) is 57.0 Å². The van der Waals surface area contributed by atoms with E-state index in [1.165, 1.54) is 23.5 Å². The van der Waals surface area contributed by atoms with E-state index in [0.29, 0.717) is 17.7 Å². The van der Waals surface area contributed by atoms with Crippen molar-refractivity contribution in [2.24, 2.45) is 0 Å². The molecule has 0 bridgehead atoms. The number of hydrogen-bond donors (Lipinski definition) is 0. The molecule has 5 heteroatoms. The van der Waals surface area contributed by atoms with E-state index in [4.69, 9.17) is 0 Å². The van der Waals surface area contributed by atoms with Crippen molar-refractivity contribution in [3.8, 4) is 0 Å². The van der Waals surface area contributed by atoms with Gasteiger partial charge in [-0.1, -0.05) is 47.8 Å². The number of carbonyl (C=O) groups is 2. The molecule has 0 fully saturated rings. The van der Waals surface area contributed by atoms with Crippen molar-refractivity contribution in [1.29, 1.82) is 0 Å². The summed E-state index contributed by atoms with van der Waals surface area (Å²) in [6.45, 7) is 2.79. The van der Waals surface area contributed by atoms with Gasteiger partial charge in [0.2, 0.25) is 0 Å². The molecule has 0 saturated carbocycles. The highest BCUT2D eigenvalue weighted by atomic mass is 32.2. The van der Waals surface area contributed by atoms with Crippen molar-refractivity contribution in [1.82, 2.24) is 0 Å². The van der Waals surface area contributed by atoms with Crippen LogP contribution in [0.1, 0.15) is 17.3 Å². The number of thioether (sulfide) groups is 2. The third-order valence-corrected chi connectivity index (χ3v) is 5.63. The van der Waals surface area contributed by atoms with Crippen LogP contribution in [0.3, 0.4) is 0 Å². The number of hydrogen-bond acceptors (Lipinski definition) is 5. The van der Waals surface area contributed by atoms with E-state index in [-0.39, 0.29) is 18.1 Å². The average molecular weight is 329 g/mol. The Morgan fingerprint density at radius 1 is 1.18 bits per heavy atom. The first-order chi connectivity index (χ1) is 10.7. The largest absolute Gasteiger partial charge is 0.359 e. The van der Waals surface area contributed by atoms with Crippen LogP contribution < -0.4 is 4.90 Å². The maximum atomic E-state index is 12.9. The molecule has 2 heterocycles. The van der Waals surface area contributed by atoms with Crippen molar-refractivity contribution in [2.75, 3.05) is 18.0 Å². The zero-order valence-electron chi connectivity index (χ0n) is 12.1. The first-order valence-electron chi connectivity index (χ1n) is 6.98. The maximum absolute atomic E-state index is 12.9. The quantitative estimate of drug-likeness (QED) is 0.466. The highest BCUT2D eigenvalue weighted by Crippen LogP contribution is 2.42. The van der Waals surface area contributed by atoms with Gasteiger partial charge in [0.05, 0.1) is 16.4 Å². The third-order valence-electron chi connectivity index (χ3n) is 3.50. The Bertz CT molecular complexity index is 709. The molecule has 22 heavy (non-hydrogen) atoms. The second-order valence-corrected chi connectivity index (χ2v) is 6.98. The maximum Gasteiger partial charge on any atom is 0.200 e. The van der Waals surface area contributed by atoms with E-state index in [0.717, 1.165) is 9.92 Å². The van der Waals surface area contributed by atoms with E-state index in [1.807, 2.05) is 53.0 Å². The summed E-state index contributed by atoms with van der Waals surface area (Å²) in [6.07, 6.45) is 3.94. The van der Waals surface area contributed by atoms with Gasteiger partial charge < -0.3 is 4.90 Å². The van der Waals surface area contributed by atoms with Gasteiger partial charge in [-0.2, -0.15) is 0 Å². The van der Waals surface area contributed by atoms with Gasteiger partial charge in [0, 0.05) is 17.8 Å². The molecule has 0 amide bonds. The van der Waals surface area contributed by atoms with Crippen LogP contribution in [0.25, 0.3) is 0 Å². The number of fused-ring (bicyclic) bond motifs is 1. The first kappa shape index (κ1) is 15.2. The molecule has 0 spiro atoms. The fraction of sp³-hybridized carbons (Fsp3) is 0.176. The van der Waals surface area contributed by atoms with Crippen LogP contribution in [0.4, 0.5) is 5.69 Å². The average Bonchev–Trinajstić information content (AvgIpc) is 3.02. The number of ketones is 2. The first-order valence-corrected chi connectivity index (χ1v) is 8.74. The summed E-state index contributed by atoms with van der Waals surface area (Å²) >= 11 is 2.89. The molecule has 0 saturated heterocycles. The molecule has 2 aliphatic heterocycles. The van der Waals surface area contributed by atoms with Gasteiger partial charge in [0.1, 0.15) is 0 Å².